The monoisotopic (exact) mass is 383 g/mol. The van der Waals surface area contributed by atoms with Crippen molar-refractivity contribution in [2.45, 2.75) is 38.3 Å². The predicted molar refractivity (Wildman–Crippen MR) is 108 cm³/mol. The van der Waals surface area contributed by atoms with Crippen molar-refractivity contribution in [3.05, 3.63) is 46.8 Å². The van der Waals surface area contributed by atoms with Crippen LogP contribution in [-0.2, 0) is 31.2 Å². The molecule has 0 amide bonds. The highest BCUT2D eigenvalue weighted by Gasteiger charge is 2.25. The molecular weight excluding hydrogens is 354 g/mol. The van der Waals surface area contributed by atoms with Crippen molar-refractivity contribution in [3.8, 4) is 5.75 Å². The molecule has 0 bridgehead atoms. The fourth-order valence-corrected chi connectivity index (χ4v) is 4.24. The quantitative estimate of drug-likeness (QED) is 0.628. The Kier molecular flexibility index (Phi) is 5.52. The van der Waals surface area contributed by atoms with E-state index in [0.29, 0.717) is 18.9 Å². The van der Waals surface area contributed by atoms with Crippen molar-refractivity contribution in [2.24, 2.45) is 12.0 Å². The zero-order chi connectivity index (χ0) is 19.5. The number of nitrogens with zero attached hydrogens (tertiary/aromatic N) is 4. The maximum atomic E-state index is 10.4. The Balaban J connectivity index is 1.45. The summed E-state index contributed by atoms with van der Waals surface area (Å²) in [5.41, 5.74) is 4.77. The van der Waals surface area contributed by atoms with E-state index in [1.54, 1.807) is 11.7 Å². The molecule has 7 nitrogen and oxygen atoms in total. The number of phenols is 1. The first-order valence-electron chi connectivity index (χ1n) is 10.0. The molecule has 7 heteroatoms. The summed E-state index contributed by atoms with van der Waals surface area (Å²) >= 11 is 0. The number of rotatable bonds is 3. The van der Waals surface area contributed by atoms with Gasteiger partial charge < -0.3 is 20.1 Å². The van der Waals surface area contributed by atoms with Crippen LogP contribution in [0.25, 0.3) is 0 Å². The highest BCUT2D eigenvalue weighted by Crippen LogP contribution is 2.30. The highest BCUT2D eigenvalue weighted by molar-refractivity contribution is 5.80. The molecule has 2 aliphatic rings. The van der Waals surface area contributed by atoms with Crippen molar-refractivity contribution >= 4 is 5.96 Å². The number of hydrogen-bond acceptors (Lipinski definition) is 4. The van der Waals surface area contributed by atoms with Crippen LogP contribution in [0.5, 0.6) is 5.75 Å². The molecule has 150 valence electrons. The number of benzene rings is 1. The van der Waals surface area contributed by atoms with Gasteiger partial charge in [-0.1, -0.05) is 6.07 Å². The van der Waals surface area contributed by atoms with Crippen molar-refractivity contribution < 1.29 is 9.84 Å². The largest absolute Gasteiger partial charge is 0.508 e. The summed E-state index contributed by atoms with van der Waals surface area (Å²) in [7, 11) is 3.72. The van der Waals surface area contributed by atoms with Gasteiger partial charge in [-0.25, -0.2) is 0 Å². The number of morpholine rings is 1. The van der Waals surface area contributed by atoms with Gasteiger partial charge in [-0.05, 0) is 42.9 Å². The van der Waals surface area contributed by atoms with Gasteiger partial charge in [0.1, 0.15) is 11.9 Å². The second-order valence-electron chi connectivity index (χ2n) is 7.56. The molecule has 1 aromatic carbocycles. The van der Waals surface area contributed by atoms with Crippen molar-refractivity contribution in [1.82, 2.24) is 20.0 Å². The first-order valence-corrected chi connectivity index (χ1v) is 10.0. The molecule has 1 saturated heterocycles. The number of aryl methyl sites for hydroxylation is 2. The molecule has 1 unspecified atom stereocenters. The number of fused-ring (bicyclic) bond motifs is 1. The van der Waals surface area contributed by atoms with E-state index < -0.39 is 0 Å². The van der Waals surface area contributed by atoms with Crippen LogP contribution in [0.4, 0.5) is 0 Å². The summed E-state index contributed by atoms with van der Waals surface area (Å²) in [6, 6.07) is 3.90. The van der Waals surface area contributed by atoms with Crippen LogP contribution in [0.3, 0.4) is 0 Å². The van der Waals surface area contributed by atoms with Gasteiger partial charge in [0.2, 0.25) is 0 Å². The van der Waals surface area contributed by atoms with Crippen LogP contribution in [0.15, 0.2) is 29.5 Å². The average Bonchev–Trinajstić information content (AvgIpc) is 3.16. The number of ether oxygens (including phenoxy) is 1. The number of hydrogen-bond donors (Lipinski definition) is 2. The van der Waals surface area contributed by atoms with E-state index in [0.717, 1.165) is 43.0 Å². The summed E-state index contributed by atoms with van der Waals surface area (Å²) in [5.74, 6) is 1.21. The van der Waals surface area contributed by atoms with Gasteiger partial charge in [-0.15, -0.1) is 0 Å². The molecule has 28 heavy (non-hydrogen) atoms. The number of aliphatic imine (C=N–C) groups is 1. The van der Waals surface area contributed by atoms with Crippen molar-refractivity contribution in [1.29, 1.82) is 0 Å². The van der Waals surface area contributed by atoms with Crippen LogP contribution in [0, 0.1) is 0 Å². The number of aromatic nitrogens is 2. The molecular formula is C21H29N5O2. The molecule has 1 aliphatic heterocycles. The zero-order valence-corrected chi connectivity index (χ0v) is 16.7. The second kappa shape index (κ2) is 8.22. The number of guanidine groups is 1. The van der Waals surface area contributed by atoms with E-state index in [9.17, 15) is 5.11 Å². The third kappa shape index (κ3) is 3.85. The van der Waals surface area contributed by atoms with Gasteiger partial charge in [-0.2, -0.15) is 5.10 Å². The molecule has 2 N–H and O–H groups in total. The topological polar surface area (TPSA) is 74.9 Å². The number of nitrogens with one attached hydrogen (secondary N) is 1. The van der Waals surface area contributed by atoms with Crippen molar-refractivity contribution in [3.63, 3.8) is 0 Å². The summed E-state index contributed by atoms with van der Waals surface area (Å²) < 4.78 is 7.74. The third-order valence-electron chi connectivity index (χ3n) is 5.72. The van der Waals surface area contributed by atoms with E-state index in [4.69, 9.17) is 4.74 Å². The Labute approximate surface area is 166 Å². The highest BCUT2D eigenvalue weighted by atomic mass is 16.5. The van der Waals surface area contributed by atoms with Crippen LogP contribution in [-0.4, -0.2) is 52.5 Å². The normalized spacial score (nSPS) is 20.1. The van der Waals surface area contributed by atoms with E-state index >= 15 is 0 Å². The lowest BCUT2D eigenvalue weighted by Gasteiger charge is -2.35. The lowest BCUT2D eigenvalue weighted by molar-refractivity contribution is -0.00805. The number of phenolic OH excluding ortho intramolecular Hbond substituents is 1. The summed E-state index contributed by atoms with van der Waals surface area (Å²) in [6.07, 6.45) is 8.41. The Morgan fingerprint density at radius 2 is 2.21 bits per heavy atom. The molecule has 1 fully saturated rings. The van der Waals surface area contributed by atoms with E-state index in [-0.39, 0.29) is 6.10 Å². The third-order valence-corrected chi connectivity index (χ3v) is 5.72. The van der Waals surface area contributed by atoms with Crippen LogP contribution >= 0.6 is 0 Å². The van der Waals surface area contributed by atoms with Crippen LogP contribution in [0.1, 0.15) is 41.2 Å². The SMILES string of the molecule is CN=C(NCc1c(O)ccc2c1CCCC2)N1CCOC(c2cnn(C)c2)C1. The molecule has 0 saturated carbocycles. The van der Waals surface area contributed by atoms with Gasteiger partial charge in [0.05, 0.1) is 19.3 Å². The first kappa shape index (κ1) is 18.8. The zero-order valence-electron chi connectivity index (χ0n) is 16.7. The molecule has 2 aromatic rings. The lowest BCUT2D eigenvalue weighted by atomic mass is 9.88. The smallest absolute Gasteiger partial charge is 0.194 e. The summed E-state index contributed by atoms with van der Waals surface area (Å²) in [6.45, 7) is 2.74. The van der Waals surface area contributed by atoms with Gasteiger partial charge in [0.25, 0.3) is 0 Å². The minimum absolute atomic E-state index is 0.0149. The minimum atomic E-state index is -0.0149. The van der Waals surface area contributed by atoms with Crippen molar-refractivity contribution in [2.75, 3.05) is 26.7 Å². The Morgan fingerprint density at radius 1 is 1.36 bits per heavy atom. The van der Waals surface area contributed by atoms with E-state index in [2.05, 4.69) is 26.4 Å². The second-order valence-corrected chi connectivity index (χ2v) is 7.56. The lowest BCUT2D eigenvalue weighted by Crippen LogP contribution is -2.48. The minimum Gasteiger partial charge on any atom is -0.508 e. The Hall–Kier alpha value is -2.54. The molecule has 2 heterocycles. The fourth-order valence-electron chi connectivity index (χ4n) is 4.24. The predicted octanol–water partition coefficient (Wildman–Crippen LogP) is 2.15. The maximum Gasteiger partial charge on any atom is 0.194 e. The first-order chi connectivity index (χ1) is 13.7. The standard InChI is InChI=1S/C21H29N5O2/c1-22-21(26-9-10-28-20(14-26)16-11-24-25(2)13-16)23-12-18-17-6-4-3-5-15(17)7-8-19(18)27/h7-8,11,13,20,27H,3-6,9-10,12,14H2,1-2H3,(H,22,23). The van der Waals surface area contributed by atoms with E-state index in [1.165, 1.54) is 24.0 Å². The summed E-state index contributed by atoms with van der Waals surface area (Å²) in [5, 5.41) is 18.1. The van der Waals surface area contributed by atoms with Gasteiger partial charge in [-0.3, -0.25) is 9.67 Å². The van der Waals surface area contributed by atoms with Gasteiger partial charge >= 0.3 is 0 Å². The molecule has 4 rings (SSSR count). The average molecular weight is 383 g/mol. The van der Waals surface area contributed by atoms with E-state index in [1.807, 2.05) is 25.5 Å². The summed E-state index contributed by atoms with van der Waals surface area (Å²) in [4.78, 5) is 6.69. The molecule has 1 aromatic heterocycles. The van der Waals surface area contributed by atoms with Crippen LogP contribution < -0.4 is 5.32 Å². The molecule has 0 radical (unpaired) electrons. The van der Waals surface area contributed by atoms with Gasteiger partial charge in [0, 0.05) is 44.5 Å². The molecule has 0 spiro atoms. The Bertz CT molecular complexity index is 860. The van der Waals surface area contributed by atoms with Crippen LogP contribution in [0.2, 0.25) is 0 Å². The Morgan fingerprint density at radius 3 is 3.00 bits per heavy atom. The fraction of sp³-hybridized carbons (Fsp3) is 0.524. The molecule has 1 atom stereocenters. The molecule has 1 aliphatic carbocycles. The maximum absolute atomic E-state index is 10.4. The van der Waals surface area contributed by atoms with Gasteiger partial charge in [0.15, 0.2) is 5.96 Å². The number of aromatic hydroxyl groups is 1.